The topological polar surface area (TPSA) is 26.3 Å². The van der Waals surface area contributed by atoms with E-state index in [1.54, 1.807) is 0 Å². The summed E-state index contributed by atoms with van der Waals surface area (Å²) in [5.41, 5.74) is 0.428. The zero-order valence-corrected chi connectivity index (χ0v) is 9.80. The molecule has 14 heavy (non-hydrogen) atoms. The highest BCUT2D eigenvalue weighted by molar-refractivity contribution is 5.66. The molecular weight excluding hydrogens is 176 g/mol. The maximum Gasteiger partial charge on any atom is 0.302 e. The number of hydrogen-bond donors (Lipinski definition) is 0. The smallest absolute Gasteiger partial charge is 0.302 e. The highest BCUT2D eigenvalue weighted by atomic mass is 16.5. The average molecular weight is 198 g/mol. The molecule has 1 saturated carbocycles. The number of esters is 1. The Kier molecular flexibility index (Phi) is 3.57. The summed E-state index contributed by atoms with van der Waals surface area (Å²) in [5, 5.41) is 0. The van der Waals surface area contributed by atoms with E-state index in [-0.39, 0.29) is 12.1 Å². The van der Waals surface area contributed by atoms with Gasteiger partial charge in [-0.2, -0.15) is 0 Å². The number of hydrogen-bond acceptors (Lipinski definition) is 2. The molecule has 0 aromatic carbocycles. The van der Waals surface area contributed by atoms with Gasteiger partial charge in [-0.1, -0.05) is 20.3 Å². The lowest BCUT2D eigenvalue weighted by Gasteiger charge is -2.37. The molecule has 0 radical (unpaired) electrons. The Labute approximate surface area is 87.0 Å². The molecule has 0 N–H and O–H groups in total. The van der Waals surface area contributed by atoms with Gasteiger partial charge in [0, 0.05) is 6.92 Å². The van der Waals surface area contributed by atoms with Gasteiger partial charge in [-0.3, -0.25) is 4.79 Å². The Morgan fingerprint density at radius 2 is 2.14 bits per heavy atom. The minimum Gasteiger partial charge on any atom is -0.463 e. The van der Waals surface area contributed by atoms with Gasteiger partial charge in [-0.25, -0.2) is 0 Å². The summed E-state index contributed by atoms with van der Waals surface area (Å²) in [4.78, 5) is 10.8. The van der Waals surface area contributed by atoms with Gasteiger partial charge in [-0.15, -0.1) is 0 Å². The third-order valence-electron chi connectivity index (χ3n) is 3.26. The third-order valence-corrected chi connectivity index (χ3v) is 3.26. The number of carbonyl (C=O) groups excluding carboxylic acids is 1. The Bertz CT molecular complexity index is 208. The van der Waals surface area contributed by atoms with Crippen LogP contribution in [0.3, 0.4) is 0 Å². The normalized spacial score (nSPS) is 28.1. The largest absolute Gasteiger partial charge is 0.463 e. The second-order valence-electron chi connectivity index (χ2n) is 5.34. The maximum absolute atomic E-state index is 10.8. The molecule has 1 aliphatic carbocycles. The van der Waals surface area contributed by atoms with Crippen molar-refractivity contribution < 1.29 is 9.53 Å². The Morgan fingerprint density at radius 1 is 1.50 bits per heavy atom. The van der Waals surface area contributed by atoms with E-state index in [4.69, 9.17) is 4.74 Å². The van der Waals surface area contributed by atoms with Gasteiger partial charge in [0.05, 0.1) is 0 Å². The highest BCUT2D eigenvalue weighted by Gasteiger charge is 2.31. The van der Waals surface area contributed by atoms with Gasteiger partial charge in [0.2, 0.25) is 0 Å². The molecule has 2 nitrogen and oxygen atoms in total. The summed E-state index contributed by atoms with van der Waals surface area (Å²) >= 11 is 0. The van der Waals surface area contributed by atoms with Crippen LogP contribution in [0, 0.1) is 11.3 Å². The second kappa shape index (κ2) is 4.33. The summed E-state index contributed by atoms with van der Waals surface area (Å²) in [5.74, 6) is 0.406. The van der Waals surface area contributed by atoms with E-state index in [1.165, 1.54) is 32.6 Å². The summed E-state index contributed by atoms with van der Waals surface area (Å²) in [6, 6.07) is 0. The summed E-state index contributed by atoms with van der Waals surface area (Å²) in [6.45, 7) is 8.12. The molecule has 82 valence electrons. The van der Waals surface area contributed by atoms with Crippen LogP contribution in [-0.2, 0) is 9.53 Å². The monoisotopic (exact) mass is 198 g/mol. The highest BCUT2D eigenvalue weighted by Crippen LogP contribution is 2.40. The molecule has 0 aliphatic heterocycles. The van der Waals surface area contributed by atoms with Gasteiger partial charge in [0.1, 0.15) is 6.10 Å². The molecule has 0 amide bonds. The lowest BCUT2D eigenvalue weighted by atomic mass is 9.71. The molecule has 0 aromatic heterocycles. The predicted octanol–water partition coefficient (Wildman–Crippen LogP) is 3.15. The van der Waals surface area contributed by atoms with Crippen LogP contribution in [0.1, 0.15) is 53.4 Å². The standard InChI is InChI=1S/C12H22O2/c1-9(14-10(2)13)11-6-5-7-12(3,4)8-11/h9,11H,5-8H2,1-4H3. The van der Waals surface area contributed by atoms with Crippen LogP contribution in [0.5, 0.6) is 0 Å². The summed E-state index contributed by atoms with van der Waals surface area (Å²) in [6.07, 6.45) is 5.05. The molecule has 1 aliphatic rings. The van der Waals surface area contributed by atoms with E-state index < -0.39 is 0 Å². The SMILES string of the molecule is CC(=O)OC(C)C1CCCC(C)(C)C1. The van der Waals surface area contributed by atoms with E-state index in [2.05, 4.69) is 13.8 Å². The minimum atomic E-state index is -0.152. The summed E-state index contributed by atoms with van der Waals surface area (Å²) < 4.78 is 5.24. The van der Waals surface area contributed by atoms with Gasteiger partial charge < -0.3 is 4.74 Å². The van der Waals surface area contributed by atoms with Crippen molar-refractivity contribution in [3.05, 3.63) is 0 Å². The first-order chi connectivity index (χ1) is 6.41. The van der Waals surface area contributed by atoms with Crippen LogP contribution in [0.25, 0.3) is 0 Å². The van der Waals surface area contributed by atoms with E-state index >= 15 is 0 Å². The van der Waals surface area contributed by atoms with Crippen molar-refractivity contribution in [2.24, 2.45) is 11.3 Å². The van der Waals surface area contributed by atoms with Crippen molar-refractivity contribution in [1.82, 2.24) is 0 Å². The molecule has 2 heteroatoms. The van der Waals surface area contributed by atoms with Crippen LogP contribution in [-0.4, -0.2) is 12.1 Å². The molecule has 0 saturated heterocycles. The average Bonchev–Trinajstić information content (AvgIpc) is 2.01. The number of carbonyl (C=O) groups is 1. The first kappa shape index (κ1) is 11.5. The molecule has 0 aromatic rings. The van der Waals surface area contributed by atoms with Crippen molar-refractivity contribution in [2.75, 3.05) is 0 Å². The number of rotatable bonds is 2. The van der Waals surface area contributed by atoms with Crippen LogP contribution in [0.4, 0.5) is 0 Å². The lowest BCUT2D eigenvalue weighted by molar-refractivity contribution is -0.149. The fourth-order valence-electron chi connectivity index (χ4n) is 2.52. The Morgan fingerprint density at radius 3 is 2.64 bits per heavy atom. The molecule has 0 bridgehead atoms. The van der Waals surface area contributed by atoms with Crippen LogP contribution >= 0.6 is 0 Å². The van der Waals surface area contributed by atoms with E-state index in [9.17, 15) is 4.79 Å². The zero-order valence-electron chi connectivity index (χ0n) is 9.80. The van der Waals surface area contributed by atoms with Crippen LogP contribution in [0.2, 0.25) is 0 Å². The first-order valence-corrected chi connectivity index (χ1v) is 5.58. The molecule has 2 atom stereocenters. The van der Waals surface area contributed by atoms with Crippen LogP contribution in [0.15, 0.2) is 0 Å². The van der Waals surface area contributed by atoms with Crippen LogP contribution < -0.4 is 0 Å². The van der Waals surface area contributed by atoms with Gasteiger partial charge in [0.15, 0.2) is 0 Å². The molecule has 0 spiro atoms. The van der Waals surface area contributed by atoms with E-state index in [1.807, 2.05) is 6.92 Å². The fraction of sp³-hybridized carbons (Fsp3) is 0.917. The van der Waals surface area contributed by atoms with Crippen molar-refractivity contribution in [3.8, 4) is 0 Å². The molecule has 2 unspecified atom stereocenters. The summed E-state index contributed by atoms with van der Waals surface area (Å²) in [7, 11) is 0. The van der Waals surface area contributed by atoms with Gasteiger partial charge in [0.25, 0.3) is 0 Å². The van der Waals surface area contributed by atoms with Crippen molar-refractivity contribution >= 4 is 5.97 Å². The van der Waals surface area contributed by atoms with Crippen molar-refractivity contribution in [1.29, 1.82) is 0 Å². The van der Waals surface area contributed by atoms with Crippen molar-refractivity contribution in [2.45, 2.75) is 59.5 Å². The molecular formula is C12H22O2. The molecule has 1 fully saturated rings. The lowest BCUT2D eigenvalue weighted by Crippen LogP contribution is -2.31. The number of ether oxygens (including phenoxy) is 1. The molecule has 1 rings (SSSR count). The van der Waals surface area contributed by atoms with Crippen molar-refractivity contribution in [3.63, 3.8) is 0 Å². The fourth-order valence-corrected chi connectivity index (χ4v) is 2.52. The predicted molar refractivity (Wildman–Crippen MR) is 57.0 cm³/mol. The maximum atomic E-state index is 10.8. The zero-order chi connectivity index (χ0) is 10.8. The first-order valence-electron chi connectivity index (χ1n) is 5.58. The second-order valence-corrected chi connectivity index (χ2v) is 5.34. The van der Waals surface area contributed by atoms with Gasteiger partial charge >= 0.3 is 5.97 Å². The minimum absolute atomic E-state index is 0.0899. The van der Waals surface area contributed by atoms with Gasteiger partial charge in [-0.05, 0) is 37.5 Å². The quantitative estimate of drug-likeness (QED) is 0.637. The molecule has 0 heterocycles. The Hall–Kier alpha value is -0.530. The van der Waals surface area contributed by atoms with E-state index in [0.29, 0.717) is 11.3 Å². The third kappa shape index (κ3) is 3.32. The van der Waals surface area contributed by atoms with E-state index in [0.717, 1.165) is 0 Å². The Balaban J connectivity index is 2.47.